The Balaban J connectivity index is 1.07. The van der Waals surface area contributed by atoms with Crippen molar-refractivity contribution in [3.05, 3.63) is 193 Å². The van der Waals surface area contributed by atoms with Gasteiger partial charge in [-0.15, -0.1) is 0 Å². The molecule has 1 aliphatic heterocycles. The number of aliphatic imine (C=N–C) groups is 2. The van der Waals surface area contributed by atoms with Crippen molar-refractivity contribution in [3.63, 3.8) is 0 Å². The van der Waals surface area contributed by atoms with E-state index in [-0.39, 0.29) is 6.17 Å². The molecule has 8 aromatic carbocycles. The molecule has 240 valence electrons. The van der Waals surface area contributed by atoms with Crippen molar-refractivity contribution in [2.24, 2.45) is 9.98 Å². The lowest BCUT2D eigenvalue weighted by Gasteiger charge is -2.24. The number of rotatable bonds is 5. The van der Waals surface area contributed by atoms with Gasteiger partial charge in [0.1, 0.15) is 23.2 Å². The molecule has 0 aliphatic carbocycles. The number of hydrogen-bond donors (Lipinski definition) is 1. The molecule has 9 aromatic rings. The molecule has 0 spiro atoms. The maximum atomic E-state index is 6.44. The molecule has 0 bridgehead atoms. The molecule has 1 aliphatic rings. The summed E-state index contributed by atoms with van der Waals surface area (Å²) in [6.07, 6.45) is -0.317. The minimum absolute atomic E-state index is 0.317. The van der Waals surface area contributed by atoms with Gasteiger partial charge in [-0.3, -0.25) is 0 Å². The number of hydrogen-bond acceptors (Lipinski definition) is 4. The highest BCUT2D eigenvalue weighted by Crippen LogP contribution is 2.37. The maximum Gasteiger partial charge on any atom is 0.160 e. The number of furan rings is 1. The molecule has 2 heterocycles. The third-order valence-electron chi connectivity index (χ3n) is 9.92. The van der Waals surface area contributed by atoms with Crippen LogP contribution >= 0.6 is 0 Å². The molecule has 0 saturated carbocycles. The topological polar surface area (TPSA) is 49.9 Å². The summed E-state index contributed by atoms with van der Waals surface area (Å²) in [6, 6.07) is 61.8. The van der Waals surface area contributed by atoms with Crippen LogP contribution in [0.1, 0.15) is 22.9 Å². The summed E-state index contributed by atoms with van der Waals surface area (Å²) in [7, 11) is 0. The van der Waals surface area contributed by atoms with Crippen LogP contribution in [0, 0.1) is 0 Å². The molecular weight excluding hydrogens is 623 g/mol. The fraction of sp³-hybridized carbons (Fsp3) is 0.0213. The fourth-order valence-electron chi connectivity index (χ4n) is 7.28. The standard InChI is InChI=1S/C47H31N3O/c1-2-11-34(12-3-1)45-48-46(39-24-22-31-10-5-7-14-36(31)28-39)50-47(49-45)40-15-8-16-43-44(40)41-29-38(25-26-42(41)51-43)33-19-17-32(18-20-33)37-23-21-30-9-4-6-13-35(30)27-37/h1-29,46H,(H,48,49,50). The zero-order chi connectivity index (χ0) is 33.7. The average Bonchev–Trinajstić information content (AvgIpc) is 3.59. The summed E-state index contributed by atoms with van der Waals surface area (Å²) in [4.78, 5) is 10.4. The lowest BCUT2D eigenvalue weighted by atomic mass is 9.97. The lowest BCUT2D eigenvalue weighted by molar-refractivity contribution is 0.668. The number of nitrogens with one attached hydrogen (secondary N) is 1. The van der Waals surface area contributed by atoms with E-state index < -0.39 is 0 Å². The van der Waals surface area contributed by atoms with E-state index >= 15 is 0 Å². The predicted molar refractivity (Wildman–Crippen MR) is 211 cm³/mol. The van der Waals surface area contributed by atoms with Crippen molar-refractivity contribution in [1.29, 1.82) is 0 Å². The van der Waals surface area contributed by atoms with Crippen molar-refractivity contribution >= 4 is 55.2 Å². The highest BCUT2D eigenvalue weighted by atomic mass is 16.3. The molecule has 1 atom stereocenters. The number of amidine groups is 2. The third-order valence-corrected chi connectivity index (χ3v) is 9.92. The van der Waals surface area contributed by atoms with Gasteiger partial charge in [-0.25, -0.2) is 9.98 Å². The molecule has 1 N–H and O–H groups in total. The van der Waals surface area contributed by atoms with Gasteiger partial charge in [0, 0.05) is 21.9 Å². The van der Waals surface area contributed by atoms with Crippen molar-refractivity contribution in [3.8, 4) is 22.3 Å². The van der Waals surface area contributed by atoms with Gasteiger partial charge in [-0.05, 0) is 79.7 Å². The summed E-state index contributed by atoms with van der Waals surface area (Å²) < 4.78 is 6.44. The fourth-order valence-corrected chi connectivity index (χ4v) is 7.28. The van der Waals surface area contributed by atoms with Gasteiger partial charge in [0.25, 0.3) is 0 Å². The zero-order valence-electron chi connectivity index (χ0n) is 27.6. The van der Waals surface area contributed by atoms with E-state index in [4.69, 9.17) is 14.4 Å². The van der Waals surface area contributed by atoms with E-state index in [2.05, 4.69) is 151 Å². The van der Waals surface area contributed by atoms with Gasteiger partial charge in [0.15, 0.2) is 5.84 Å². The van der Waals surface area contributed by atoms with Gasteiger partial charge in [0.2, 0.25) is 0 Å². The predicted octanol–water partition coefficient (Wildman–Crippen LogP) is 11.7. The Bertz CT molecular complexity index is 2830. The lowest BCUT2D eigenvalue weighted by Crippen LogP contribution is -2.33. The van der Waals surface area contributed by atoms with Gasteiger partial charge in [0.05, 0.1) is 0 Å². The van der Waals surface area contributed by atoms with Gasteiger partial charge < -0.3 is 9.73 Å². The van der Waals surface area contributed by atoms with Crippen LogP contribution in [-0.4, -0.2) is 11.7 Å². The van der Waals surface area contributed by atoms with Crippen LogP contribution in [0.25, 0.3) is 65.7 Å². The molecule has 4 heteroatoms. The van der Waals surface area contributed by atoms with Crippen LogP contribution in [0.2, 0.25) is 0 Å². The second-order valence-corrected chi connectivity index (χ2v) is 13.1. The smallest absolute Gasteiger partial charge is 0.160 e. The molecule has 1 aromatic heterocycles. The molecule has 4 nitrogen and oxygen atoms in total. The molecule has 0 saturated heterocycles. The highest BCUT2D eigenvalue weighted by molar-refractivity contribution is 6.22. The Morgan fingerprint density at radius 2 is 1.08 bits per heavy atom. The minimum atomic E-state index is -0.317. The summed E-state index contributed by atoms with van der Waals surface area (Å²) in [5.41, 5.74) is 9.35. The molecule has 0 radical (unpaired) electrons. The van der Waals surface area contributed by atoms with Crippen LogP contribution in [0.15, 0.2) is 190 Å². The quantitative estimate of drug-likeness (QED) is 0.201. The largest absolute Gasteiger partial charge is 0.456 e. The Morgan fingerprint density at radius 1 is 0.451 bits per heavy atom. The summed E-state index contributed by atoms with van der Waals surface area (Å²) >= 11 is 0. The minimum Gasteiger partial charge on any atom is -0.456 e. The Morgan fingerprint density at radius 3 is 1.84 bits per heavy atom. The first-order valence-corrected chi connectivity index (χ1v) is 17.3. The van der Waals surface area contributed by atoms with E-state index in [0.29, 0.717) is 5.84 Å². The van der Waals surface area contributed by atoms with Crippen molar-refractivity contribution in [1.82, 2.24) is 5.32 Å². The average molecular weight is 654 g/mol. The van der Waals surface area contributed by atoms with Crippen LogP contribution in [0.5, 0.6) is 0 Å². The van der Waals surface area contributed by atoms with Crippen molar-refractivity contribution in [2.75, 3.05) is 0 Å². The first kappa shape index (κ1) is 29.2. The number of fused-ring (bicyclic) bond motifs is 5. The normalized spacial score (nSPS) is 14.5. The number of nitrogens with zero attached hydrogens (tertiary/aromatic N) is 2. The van der Waals surface area contributed by atoms with Crippen LogP contribution in [0.4, 0.5) is 0 Å². The van der Waals surface area contributed by atoms with E-state index in [1.54, 1.807) is 0 Å². The van der Waals surface area contributed by atoms with E-state index in [1.807, 2.05) is 30.3 Å². The Labute approximate surface area is 295 Å². The molecule has 1 unspecified atom stereocenters. The van der Waals surface area contributed by atoms with Gasteiger partial charge >= 0.3 is 0 Å². The van der Waals surface area contributed by atoms with Crippen molar-refractivity contribution in [2.45, 2.75) is 6.17 Å². The van der Waals surface area contributed by atoms with E-state index in [9.17, 15) is 0 Å². The summed E-state index contributed by atoms with van der Waals surface area (Å²) in [6.45, 7) is 0. The molecular formula is C47H31N3O. The van der Waals surface area contributed by atoms with Gasteiger partial charge in [-0.2, -0.15) is 0 Å². The van der Waals surface area contributed by atoms with E-state index in [0.717, 1.165) is 55.6 Å². The second kappa shape index (κ2) is 12.0. The third kappa shape index (κ3) is 5.25. The summed E-state index contributed by atoms with van der Waals surface area (Å²) in [5.74, 6) is 1.46. The second-order valence-electron chi connectivity index (χ2n) is 13.1. The zero-order valence-corrected chi connectivity index (χ0v) is 27.6. The Hall–Kier alpha value is -6.78. The van der Waals surface area contributed by atoms with E-state index in [1.165, 1.54) is 32.7 Å². The van der Waals surface area contributed by atoms with Gasteiger partial charge in [-0.1, -0.05) is 146 Å². The molecule has 0 amide bonds. The van der Waals surface area contributed by atoms with Crippen LogP contribution in [-0.2, 0) is 0 Å². The molecule has 10 rings (SSSR count). The van der Waals surface area contributed by atoms with Crippen LogP contribution < -0.4 is 5.32 Å². The first-order valence-electron chi connectivity index (χ1n) is 17.3. The number of benzene rings is 8. The first-order chi connectivity index (χ1) is 25.2. The monoisotopic (exact) mass is 653 g/mol. The van der Waals surface area contributed by atoms with Crippen molar-refractivity contribution < 1.29 is 4.42 Å². The summed E-state index contributed by atoms with van der Waals surface area (Å²) in [5, 5.41) is 10.5. The Kier molecular flexibility index (Phi) is 6.85. The highest BCUT2D eigenvalue weighted by Gasteiger charge is 2.24. The SMILES string of the molecule is c1ccc(C2=NC(c3cccc4oc5ccc(-c6ccc(-c7ccc8ccccc8c7)cc6)cc5c34)=NC(c3ccc4ccccc4c3)N2)cc1. The maximum absolute atomic E-state index is 6.44. The van der Waals surface area contributed by atoms with Crippen LogP contribution in [0.3, 0.4) is 0 Å². The molecule has 0 fully saturated rings. The molecule has 51 heavy (non-hydrogen) atoms.